The van der Waals surface area contributed by atoms with Gasteiger partial charge in [0.25, 0.3) is 12.9 Å². The van der Waals surface area contributed by atoms with Crippen molar-refractivity contribution in [1.82, 2.24) is 19.7 Å². The Morgan fingerprint density at radius 2 is 1.54 bits per heavy atom. The first-order valence-corrected chi connectivity index (χ1v) is 12.5. The maximum absolute atomic E-state index is 13.0. The van der Waals surface area contributed by atoms with Crippen LogP contribution in [0.4, 0.5) is 4.79 Å². The summed E-state index contributed by atoms with van der Waals surface area (Å²) in [5, 5.41) is 13.8. The maximum Gasteiger partial charge on any atom is 0.410 e. The number of rotatable bonds is 5. The summed E-state index contributed by atoms with van der Waals surface area (Å²) in [6.45, 7) is 10.3. The maximum atomic E-state index is 13.0. The van der Waals surface area contributed by atoms with E-state index >= 15 is 0 Å². The smallest absolute Gasteiger partial charge is 0.410 e. The summed E-state index contributed by atoms with van der Waals surface area (Å²) in [6.07, 6.45) is 7.15. The zero-order valence-electron chi connectivity index (χ0n) is 22.4. The highest BCUT2D eigenvalue weighted by Gasteiger charge is 2.31. The summed E-state index contributed by atoms with van der Waals surface area (Å²) in [5.74, 6) is 0.890. The Hall–Kier alpha value is -3.21. The Balaban J connectivity index is 0.00000104. The largest absolute Gasteiger partial charge is 0.483 e. The van der Waals surface area contributed by atoms with Crippen molar-refractivity contribution in [1.29, 1.82) is 0 Å². The lowest BCUT2D eigenvalue weighted by atomic mass is 9.91. The first kappa shape index (κ1) is 31.8. The van der Waals surface area contributed by atoms with Crippen LogP contribution in [0, 0.1) is 11.8 Å². The molecular weight excluding hydrogens is 480 g/mol. The molecular formula is C26H42N4O7. The lowest BCUT2D eigenvalue weighted by molar-refractivity contribution is -0.138. The number of ether oxygens (including phenoxy) is 1. The Bertz CT molecular complexity index is 810. The highest BCUT2D eigenvalue weighted by molar-refractivity contribution is 5.79. The molecule has 0 aliphatic carbocycles. The molecule has 2 fully saturated rings. The second-order valence-corrected chi connectivity index (χ2v) is 10.2. The molecule has 0 aromatic carbocycles. The Morgan fingerprint density at radius 1 is 1.03 bits per heavy atom. The normalized spacial score (nSPS) is 16.8. The fraction of sp³-hybridized carbons (Fsp3) is 0.654. The van der Waals surface area contributed by atoms with Gasteiger partial charge in [-0.2, -0.15) is 0 Å². The number of piperidine rings is 2. The van der Waals surface area contributed by atoms with E-state index in [4.69, 9.17) is 24.5 Å². The number of hydrogen-bond acceptors (Lipinski definition) is 7. The summed E-state index contributed by atoms with van der Waals surface area (Å²) in [7, 11) is 1.80. The SMILES string of the molecule is CN(CC1CCN(C(=O)C2CCN(Cc3ccncc3)CC2)CC1)C(=O)OC(C)(C)C.O=CO.O=CO. The fourth-order valence-corrected chi connectivity index (χ4v) is 4.48. The number of hydrogen-bond donors (Lipinski definition) is 2. The summed E-state index contributed by atoms with van der Waals surface area (Å²) in [4.78, 5) is 52.2. The molecule has 0 spiro atoms. The third-order valence-electron chi connectivity index (χ3n) is 6.26. The number of aromatic nitrogens is 1. The summed E-state index contributed by atoms with van der Waals surface area (Å²) in [6, 6.07) is 4.11. The van der Waals surface area contributed by atoms with Crippen molar-refractivity contribution < 1.29 is 34.1 Å². The Morgan fingerprint density at radius 3 is 2.03 bits per heavy atom. The van der Waals surface area contributed by atoms with Gasteiger partial charge in [-0.25, -0.2) is 4.79 Å². The molecule has 0 atom stereocenters. The molecule has 2 saturated heterocycles. The van der Waals surface area contributed by atoms with E-state index in [1.165, 1.54) is 5.56 Å². The molecule has 2 N–H and O–H groups in total. The number of carbonyl (C=O) groups excluding carboxylic acids is 2. The quantitative estimate of drug-likeness (QED) is 0.559. The summed E-state index contributed by atoms with van der Waals surface area (Å²) < 4.78 is 5.44. The minimum Gasteiger partial charge on any atom is -0.483 e. The Kier molecular flexibility index (Phi) is 14.2. The van der Waals surface area contributed by atoms with E-state index in [-0.39, 0.29) is 25.0 Å². The molecule has 11 heteroatoms. The standard InChI is InChI=1S/C24H38N4O3.2CH2O2/c1-24(2,3)31-23(30)26(4)17-20-7-15-28(16-8-20)22(29)21-9-13-27(14-10-21)18-19-5-11-25-12-6-19;2*2-1-3/h5-6,11-12,20-21H,7-10,13-18H2,1-4H3;2*1H,(H,2,3). The lowest BCUT2D eigenvalue weighted by Gasteiger charge is -2.38. The summed E-state index contributed by atoms with van der Waals surface area (Å²) >= 11 is 0. The molecule has 11 nitrogen and oxygen atoms in total. The predicted octanol–water partition coefficient (Wildman–Crippen LogP) is 2.80. The van der Waals surface area contributed by atoms with Crippen LogP contribution in [-0.4, -0.2) is 100 Å². The van der Waals surface area contributed by atoms with Gasteiger partial charge in [0.05, 0.1) is 0 Å². The molecule has 0 saturated carbocycles. The van der Waals surface area contributed by atoms with E-state index < -0.39 is 5.60 Å². The highest BCUT2D eigenvalue weighted by Crippen LogP contribution is 2.25. The van der Waals surface area contributed by atoms with Crippen molar-refractivity contribution in [2.24, 2.45) is 11.8 Å². The number of carboxylic acid groups (broad SMARTS) is 2. The number of nitrogens with zero attached hydrogens (tertiary/aromatic N) is 4. The van der Waals surface area contributed by atoms with Crippen molar-refractivity contribution in [3.63, 3.8) is 0 Å². The van der Waals surface area contributed by atoms with Crippen molar-refractivity contribution in [2.75, 3.05) is 39.8 Å². The molecule has 2 aliphatic rings. The second kappa shape index (κ2) is 16.5. The minimum atomic E-state index is -0.477. The van der Waals surface area contributed by atoms with Crippen LogP contribution in [0.5, 0.6) is 0 Å². The average Bonchev–Trinajstić information content (AvgIpc) is 2.85. The van der Waals surface area contributed by atoms with Gasteiger partial charge in [0.1, 0.15) is 5.60 Å². The molecule has 1 aromatic heterocycles. The van der Waals surface area contributed by atoms with Gasteiger partial charge in [0.2, 0.25) is 5.91 Å². The van der Waals surface area contributed by atoms with Gasteiger partial charge in [-0.15, -0.1) is 0 Å². The van der Waals surface area contributed by atoms with Crippen LogP contribution in [0.15, 0.2) is 24.5 Å². The van der Waals surface area contributed by atoms with Crippen LogP contribution in [0.3, 0.4) is 0 Å². The van der Waals surface area contributed by atoms with Crippen LogP contribution >= 0.6 is 0 Å². The van der Waals surface area contributed by atoms with Crippen LogP contribution in [0.1, 0.15) is 52.0 Å². The van der Waals surface area contributed by atoms with Crippen LogP contribution in [-0.2, 0) is 25.7 Å². The molecule has 0 bridgehead atoms. The minimum absolute atomic E-state index is 0.148. The van der Waals surface area contributed by atoms with E-state index in [0.717, 1.165) is 58.4 Å². The van der Waals surface area contributed by atoms with Gasteiger partial charge in [-0.1, -0.05) is 0 Å². The fourth-order valence-electron chi connectivity index (χ4n) is 4.48. The van der Waals surface area contributed by atoms with Gasteiger partial charge < -0.3 is 24.7 Å². The zero-order chi connectivity index (χ0) is 27.8. The average molecular weight is 523 g/mol. The monoisotopic (exact) mass is 522 g/mol. The van der Waals surface area contributed by atoms with Crippen molar-refractivity contribution in [3.05, 3.63) is 30.1 Å². The van der Waals surface area contributed by atoms with Crippen molar-refractivity contribution in [3.8, 4) is 0 Å². The molecule has 2 amide bonds. The van der Waals surface area contributed by atoms with E-state index in [1.807, 2.05) is 38.1 Å². The third-order valence-corrected chi connectivity index (χ3v) is 6.26. The van der Waals surface area contributed by atoms with Crippen molar-refractivity contribution >= 4 is 24.9 Å². The van der Waals surface area contributed by atoms with E-state index in [0.29, 0.717) is 18.4 Å². The predicted molar refractivity (Wildman–Crippen MR) is 138 cm³/mol. The molecule has 3 heterocycles. The molecule has 1 aromatic rings. The second-order valence-electron chi connectivity index (χ2n) is 10.2. The molecule has 37 heavy (non-hydrogen) atoms. The lowest BCUT2D eigenvalue weighted by Crippen LogP contribution is -2.46. The van der Waals surface area contributed by atoms with Gasteiger partial charge in [-0.05, 0) is 83.2 Å². The first-order chi connectivity index (χ1) is 17.5. The van der Waals surface area contributed by atoms with Gasteiger partial charge >= 0.3 is 6.09 Å². The first-order valence-electron chi connectivity index (χ1n) is 12.5. The van der Waals surface area contributed by atoms with E-state index in [9.17, 15) is 9.59 Å². The Labute approximate surface area is 219 Å². The van der Waals surface area contributed by atoms with Crippen molar-refractivity contribution in [2.45, 2.75) is 58.6 Å². The zero-order valence-corrected chi connectivity index (χ0v) is 22.4. The number of pyridine rings is 1. The van der Waals surface area contributed by atoms with Crippen LogP contribution in [0.2, 0.25) is 0 Å². The summed E-state index contributed by atoms with van der Waals surface area (Å²) in [5.41, 5.74) is 0.799. The molecule has 208 valence electrons. The van der Waals surface area contributed by atoms with Gasteiger partial charge in [0, 0.05) is 51.5 Å². The number of amides is 2. The molecule has 2 aliphatic heterocycles. The van der Waals surface area contributed by atoms with E-state index in [2.05, 4.69) is 22.0 Å². The molecule has 0 radical (unpaired) electrons. The van der Waals surface area contributed by atoms with Crippen LogP contribution in [0.25, 0.3) is 0 Å². The topological polar surface area (TPSA) is 141 Å². The number of likely N-dealkylation sites (tertiary alicyclic amines) is 2. The van der Waals surface area contributed by atoms with Crippen LogP contribution < -0.4 is 0 Å². The van der Waals surface area contributed by atoms with Gasteiger partial charge in [-0.3, -0.25) is 24.3 Å². The van der Waals surface area contributed by atoms with Gasteiger partial charge in [0.15, 0.2) is 0 Å². The number of carbonyl (C=O) groups is 4. The molecule has 0 unspecified atom stereocenters. The molecule has 3 rings (SSSR count). The van der Waals surface area contributed by atoms with E-state index in [1.54, 1.807) is 11.9 Å². The third kappa shape index (κ3) is 12.5. The highest BCUT2D eigenvalue weighted by atomic mass is 16.6.